The summed E-state index contributed by atoms with van der Waals surface area (Å²) >= 11 is 1.23. The largest absolute Gasteiger partial charge is 0.487 e. The third kappa shape index (κ3) is 4.01. The van der Waals surface area contributed by atoms with E-state index in [0.717, 1.165) is 36.9 Å². The van der Waals surface area contributed by atoms with Crippen molar-refractivity contribution in [3.8, 4) is 5.75 Å². The highest BCUT2D eigenvalue weighted by molar-refractivity contribution is 7.20. The number of likely N-dealkylation sites (tertiary alicyclic amines) is 1. The summed E-state index contributed by atoms with van der Waals surface area (Å²) in [6.07, 6.45) is 3.37. The number of primary amides is 1. The molecular weight excluding hydrogens is 393 g/mol. The monoisotopic (exact) mass is 415 g/mol. The highest BCUT2D eigenvalue weighted by atomic mass is 32.1. The molecule has 1 aliphatic heterocycles. The van der Waals surface area contributed by atoms with E-state index in [0.29, 0.717) is 27.0 Å². The van der Waals surface area contributed by atoms with E-state index in [4.69, 9.17) is 10.5 Å². The summed E-state index contributed by atoms with van der Waals surface area (Å²) in [7, 11) is 2.05. The van der Waals surface area contributed by atoms with Gasteiger partial charge in [-0.05, 0) is 51.1 Å². The van der Waals surface area contributed by atoms with E-state index in [2.05, 4.69) is 20.2 Å². The summed E-state index contributed by atoms with van der Waals surface area (Å²) in [5, 5.41) is 3.96. The number of hydrogen-bond donors (Lipinski definition) is 2. The highest BCUT2D eigenvalue weighted by Gasteiger charge is 2.22. The molecule has 1 saturated heterocycles. The summed E-state index contributed by atoms with van der Waals surface area (Å²) in [6, 6.07) is 4.38. The number of carbonyl (C=O) groups is 1. The fourth-order valence-corrected chi connectivity index (χ4v) is 4.62. The molecule has 29 heavy (non-hydrogen) atoms. The van der Waals surface area contributed by atoms with Crippen molar-refractivity contribution >= 4 is 39.0 Å². The lowest BCUT2D eigenvalue weighted by Crippen LogP contribution is -2.38. The lowest BCUT2D eigenvalue weighted by molar-refractivity contribution is 0.100. The van der Waals surface area contributed by atoms with Crippen LogP contribution in [-0.4, -0.2) is 47.0 Å². The number of carbonyl (C=O) groups excluding carboxylic acids is 1. The first-order valence-electron chi connectivity index (χ1n) is 9.38. The lowest BCUT2D eigenvalue weighted by Gasteiger charge is -2.30. The molecule has 1 fully saturated rings. The Labute approximate surface area is 171 Å². The number of hydrogen-bond acceptors (Lipinski definition) is 7. The van der Waals surface area contributed by atoms with Crippen molar-refractivity contribution in [2.75, 3.05) is 25.5 Å². The van der Waals surface area contributed by atoms with Crippen LogP contribution < -0.4 is 15.8 Å². The summed E-state index contributed by atoms with van der Waals surface area (Å²) in [5.74, 6) is 0.0856. The number of aryl methyl sites for hydroxylation is 1. The molecule has 1 atom stereocenters. The van der Waals surface area contributed by atoms with Gasteiger partial charge in [0.15, 0.2) is 0 Å². The normalized spacial score (nSPS) is 17.4. The number of benzene rings is 1. The number of likely N-dealkylation sites (N-methyl/N-ethyl adjacent to an activating group) is 1. The van der Waals surface area contributed by atoms with E-state index in [1.165, 1.54) is 29.8 Å². The SMILES string of the molecule is Cc1c(C(N)=O)sc2ncnc(Nc3ccc(F)cc3OC3CCCN(C)C3)c12. The van der Waals surface area contributed by atoms with Gasteiger partial charge in [-0.1, -0.05) is 0 Å². The van der Waals surface area contributed by atoms with Gasteiger partial charge in [0.05, 0.1) is 16.0 Å². The maximum absolute atomic E-state index is 13.9. The van der Waals surface area contributed by atoms with Gasteiger partial charge in [0.1, 0.15) is 34.6 Å². The van der Waals surface area contributed by atoms with Gasteiger partial charge in [0, 0.05) is 12.6 Å². The molecule has 1 aromatic carbocycles. The number of nitrogens with two attached hydrogens (primary N) is 1. The molecule has 7 nitrogen and oxygen atoms in total. The average Bonchev–Trinajstić information content (AvgIpc) is 3.02. The Balaban J connectivity index is 1.69. The molecule has 0 aliphatic carbocycles. The summed E-state index contributed by atoms with van der Waals surface area (Å²) in [4.78, 5) is 23.6. The number of nitrogens with zero attached hydrogens (tertiary/aromatic N) is 3. The molecule has 2 aromatic heterocycles. The minimum absolute atomic E-state index is 0.00846. The number of anilines is 2. The average molecular weight is 415 g/mol. The fourth-order valence-electron chi connectivity index (χ4n) is 3.62. The zero-order valence-electron chi connectivity index (χ0n) is 16.2. The maximum atomic E-state index is 13.9. The van der Waals surface area contributed by atoms with Crippen LogP contribution in [0.4, 0.5) is 15.9 Å². The zero-order chi connectivity index (χ0) is 20.5. The molecule has 3 heterocycles. The minimum Gasteiger partial charge on any atom is -0.487 e. The number of nitrogens with one attached hydrogen (secondary N) is 1. The predicted octanol–water partition coefficient (Wildman–Crippen LogP) is 3.45. The summed E-state index contributed by atoms with van der Waals surface area (Å²) in [5.41, 5.74) is 6.80. The van der Waals surface area contributed by atoms with Gasteiger partial charge in [-0.2, -0.15) is 0 Å². The molecule has 152 valence electrons. The number of rotatable bonds is 5. The van der Waals surface area contributed by atoms with Crippen molar-refractivity contribution in [3.05, 3.63) is 40.8 Å². The van der Waals surface area contributed by atoms with Gasteiger partial charge in [0.2, 0.25) is 0 Å². The van der Waals surface area contributed by atoms with E-state index >= 15 is 0 Å². The van der Waals surface area contributed by atoms with E-state index in [1.807, 2.05) is 14.0 Å². The van der Waals surface area contributed by atoms with Gasteiger partial charge < -0.3 is 20.7 Å². The zero-order valence-corrected chi connectivity index (χ0v) is 17.1. The molecule has 4 rings (SSSR count). The third-order valence-electron chi connectivity index (χ3n) is 5.02. The smallest absolute Gasteiger partial charge is 0.259 e. The Bertz CT molecular complexity index is 1070. The molecular formula is C20H22FN5O2S. The Morgan fingerprint density at radius 1 is 1.41 bits per heavy atom. The molecule has 1 unspecified atom stereocenters. The van der Waals surface area contributed by atoms with Gasteiger partial charge >= 0.3 is 0 Å². The Morgan fingerprint density at radius 3 is 3.00 bits per heavy atom. The maximum Gasteiger partial charge on any atom is 0.259 e. The minimum atomic E-state index is -0.497. The van der Waals surface area contributed by atoms with E-state index in [1.54, 1.807) is 6.07 Å². The first kappa shape index (κ1) is 19.5. The topological polar surface area (TPSA) is 93.4 Å². The number of piperidine rings is 1. The second-order valence-electron chi connectivity index (χ2n) is 7.23. The van der Waals surface area contributed by atoms with Crippen molar-refractivity contribution in [2.24, 2.45) is 5.73 Å². The van der Waals surface area contributed by atoms with Gasteiger partial charge in [-0.15, -0.1) is 11.3 Å². The number of ether oxygens (including phenoxy) is 1. The quantitative estimate of drug-likeness (QED) is 0.663. The van der Waals surface area contributed by atoms with Crippen LogP contribution in [0.5, 0.6) is 5.75 Å². The van der Waals surface area contributed by atoms with Crippen LogP contribution in [0.25, 0.3) is 10.2 Å². The Hall–Kier alpha value is -2.78. The lowest BCUT2D eigenvalue weighted by atomic mass is 10.1. The number of amides is 1. The second kappa shape index (κ2) is 7.92. The van der Waals surface area contributed by atoms with E-state index in [-0.39, 0.29) is 11.9 Å². The van der Waals surface area contributed by atoms with Crippen LogP contribution in [0.1, 0.15) is 28.1 Å². The van der Waals surface area contributed by atoms with E-state index < -0.39 is 5.91 Å². The number of aromatic nitrogens is 2. The van der Waals surface area contributed by atoms with Crippen molar-refractivity contribution in [1.29, 1.82) is 0 Å². The Kier molecular flexibility index (Phi) is 5.33. The standard InChI is InChI=1S/C20H22FN5O2S/c1-11-16-19(23-10-24-20(16)29-17(11)18(22)27)25-14-6-5-12(21)8-15(14)28-13-4-3-7-26(2)9-13/h5-6,8,10,13H,3-4,7,9H2,1-2H3,(H2,22,27)(H,23,24,25). The van der Waals surface area contributed by atoms with Crippen LogP contribution in [0.3, 0.4) is 0 Å². The Morgan fingerprint density at radius 2 is 2.24 bits per heavy atom. The number of fused-ring (bicyclic) bond motifs is 1. The fraction of sp³-hybridized carbons (Fsp3) is 0.350. The first-order chi connectivity index (χ1) is 13.9. The van der Waals surface area contributed by atoms with Crippen molar-refractivity contribution in [2.45, 2.75) is 25.9 Å². The van der Waals surface area contributed by atoms with Crippen LogP contribution in [-0.2, 0) is 0 Å². The molecule has 1 amide bonds. The predicted molar refractivity (Wildman–Crippen MR) is 111 cm³/mol. The van der Waals surface area contributed by atoms with Crippen molar-refractivity contribution in [3.63, 3.8) is 0 Å². The number of thiophene rings is 1. The first-order valence-corrected chi connectivity index (χ1v) is 10.2. The second-order valence-corrected chi connectivity index (χ2v) is 8.23. The molecule has 3 aromatic rings. The number of halogens is 1. The van der Waals surface area contributed by atoms with Gasteiger partial charge in [-0.3, -0.25) is 4.79 Å². The summed E-state index contributed by atoms with van der Waals surface area (Å²) < 4.78 is 20.1. The molecule has 0 bridgehead atoms. The molecule has 9 heteroatoms. The molecule has 0 radical (unpaired) electrons. The highest BCUT2D eigenvalue weighted by Crippen LogP contribution is 2.36. The van der Waals surface area contributed by atoms with Crippen molar-refractivity contribution < 1.29 is 13.9 Å². The summed E-state index contributed by atoms with van der Waals surface area (Å²) in [6.45, 7) is 3.64. The molecule has 1 aliphatic rings. The van der Waals surface area contributed by atoms with Gasteiger partial charge in [-0.25, -0.2) is 14.4 Å². The van der Waals surface area contributed by atoms with Crippen LogP contribution in [0.15, 0.2) is 24.5 Å². The molecule has 0 saturated carbocycles. The third-order valence-corrected chi connectivity index (χ3v) is 6.24. The van der Waals surface area contributed by atoms with Crippen LogP contribution in [0.2, 0.25) is 0 Å². The van der Waals surface area contributed by atoms with Gasteiger partial charge in [0.25, 0.3) is 5.91 Å². The molecule has 0 spiro atoms. The van der Waals surface area contributed by atoms with Crippen molar-refractivity contribution in [1.82, 2.24) is 14.9 Å². The van der Waals surface area contributed by atoms with Crippen LogP contribution >= 0.6 is 11.3 Å². The van der Waals surface area contributed by atoms with Crippen LogP contribution in [0, 0.1) is 12.7 Å². The molecule has 3 N–H and O–H groups in total. The van der Waals surface area contributed by atoms with E-state index in [9.17, 15) is 9.18 Å².